The van der Waals surface area contributed by atoms with Crippen molar-refractivity contribution in [3.05, 3.63) is 28.6 Å². The van der Waals surface area contributed by atoms with Gasteiger partial charge in [-0.25, -0.2) is 0 Å². The Labute approximate surface area is 117 Å². The number of hydrogen-bond donors (Lipinski definition) is 2. The molecule has 0 unspecified atom stereocenters. The minimum atomic E-state index is 0.303. The maximum absolute atomic E-state index is 5.78. The third-order valence-corrected chi connectivity index (χ3v) is 3.15. The van der Waals surface area contributed by atoms with Crippen LogP contribution in [-0.2, 0) is 7.05 Å². The Bertz CT molecular complexity index is 646. The van der Waals surface area contributed by atoms with Crippen LogP contribution in [0, 0.1) is 20.8 Å². The molecule has 0 aliphatic carbocycles. The summed E-state index contributed by atoms with van der Waals surface area (Å²) in [5.74, 6) is 1.37. The van der Waals surface area contributed by atoms with Crippen LogP contribution < -0.4 is 11.1 Å². The molecule has 0 atom stereocenters. The first kappa shape index (κ1) is 13.4. The highest BCUT2D eigenvalue weighted by Gasteiger charge is 2.15. The van der Waals surface area contributed by atoms with E-state index in [1.165, 1.54) is 0 Å². The van der Waals surface area contributed by atoms with Crippen LogP contribution in [0.2, 0.25) is 0 Å². The van der Waals surface area contributed by atoms with Crippen molar-refractivity contribution in [3.63, 3.8) is 0 Å². The highest BCUT2D eigenvalue weighted by Crippen LogP contribution is 2.22. The van der Waals surface area contributed by atoms with Crippen LogP contribution in [0.1, 0.15) is 22.5 Å². The fourth-order valence-corrected chi connectivity index (χ4v) is 2.10. The van der Waals surface area contributed by atoms with Crippen molar-refractivity contribution >= 4 is 28.8 Å². The smallest absolute Gasteiger partial charge is 0.164 e. The maximum Gasteiger partial charge on any atom is 0.164 e. The summed E-state index contributed by atoms with van der Waals surface area (Å²) in [6, 6.07) is 1.92. The molecule has 0 saturated carbocycles. The summed E-state index contributed by atoms with van der Waals surface area (Å²) in [6.45, 7) is 5.73. The quantitative estimate of drug-likeness (QED) is 0.827. The Morgan fingerprint density at radius 1 is 1.32 bits per heavy atom. The summed E-state index contributed by atoms with van der Waals surface area (Å²) in [4.78, 5) is 0.303. The summed E-state index contributed by atoms with van der Waals surface area (Å²) >= 11 is 5.10. The first-order chi connectivity index (χ1) is 8.90. The molecular weight excluding hydrogens is 260 g/mol. The summed E-state index contributed by atoms with van der Waals surface area (Å²) in [7, 11) is 1.85. The van der Waals surface area contributed by atoms with E-state index in [9.17, 15) is 0 Å². The Kier molecular flexibility index (Phi) is 3.48. The van der Waals surface area contributed by atoms with Crippen LogP contribution >= 0.6 is 12.2 Å². The van der Waals surface area contributed by atoms with Gasteiger partial charge < -0.3 is 11.1 Å². The molecule has 0 radical (unpaired) electrons. The monoisotopic (exact) mass is 276 g/mol. The highest BCUT2D eigenvalue weighted by atomic mass is 32.1. The van der Waals surface area contributed by atoms with Gasteiger partial charge in [0.1, 0.15) is 10.8 Å². The van der Waals surface area contributed by atoms with E-state index >= 15 is 0 Å². The van der Waals surface area contributed by atoms with Gasteiger partial charge in [-0.1, -0.05) is 12.2 Å². The van der Waals surface area contributed by atoms with Crippen molar-refractivity contribution < 1.29 is 0 Å². The van der Waals surface area contributed by atoms with Gasteiger partial charge in [0.2, 0.25) is 0 Å². The van der Waals surface area contributed by atoms with E-state index in [1.807, 2.05) is 33.9 Å². The normalized spacial score (nSPS) is 10.5. The third-order valence-electron chi connectivity index (χ3n) is 2.95. The minimum Gasteiger partial charge on any atom is -0.389 e. The second-order valence-electron chi connectivity index (χ2n) is 4.42. The molecule has 100 valence electrons. The predicted octanol–water partition coefficient (Wildman–Crippen LogP) is 1.51. The molecule has 0 saturated heterocycles. The summed E-state index contributed by atoms with van der Waals surface area (Å²) in [5, 5.41) is 15.7. The van der Waals surface area contributed by atoms with Crippen LogP contribution in [-0.4, -0.2) is 25.0 Å². The van der Waals surface area contributed by atoms with Gasteiger partial charge in [0, 0.05) is 13.1 Å². The number of nitrogens with zero attached hydrogens (tertiary/aromatic N) is 4. The number of anilines is 2. The zero-order valence-corrected chi connectivity index (χ0v) is 12.2. The van der Waals surface area contributed by atoms with Gasteiger partial charge in [-0.15, -0.1) is 5.10 Å². The fourth-order valence-electron chi connectivity index (χ4n) is 1.85. The second kappa shape index (κ2) is 4.93. The van der Waals surface area contributed by atoms with Gasteiger partial charge in [0.25, 0.3) is 0 Å². The minimum absolute atomic E-state index is 0.303. The fraction of sp³-hybridized carbons (Fsp3) is 0.333. The third kappa shape index (κ3) is 2.55. The molecular formula is C12H16N6S. The predicted molar refractivity (Wildman–Crippen MR) is 78.6 cm³/mol. The van der Waals surface area contributed by atoms with Gasteiger partial charge in [-0.2, -0.15) is 10.2 Å². The molecule has 7 heteroatoms. The van der Waals surface area contributed by atoms with E-state index in [2.05, 4.69) is 20.6 Å². The van der Waals surface area contributed by atoms with Crippen LogP contribution in [0.15, 0.2) is 6.07 Å². The Morgan fingerprint density at radius 3 is 2.53 bits per heavy atom. The standard InChI is InChI=1S/C12H16N6S/c1-6-5-9(18(4)17-6)14-12-10(11(13)19)7(2)8(3)15-16-12/h5H,1-4H3,(H2,13,19)(H,14,16). The number of rotatable bonds is 3. The van der Waals surface area contributed by atoms with E-state index in [1.54, 1.807) is 4.68 Å². The number of nitrogens with one attached hydrogen (secondary N) is 1. The average molecular weight is 276 g/mol. The molecule has 19 heavy (non-hydrogen) atoms. The lowest BCUT2D eigenvalue weighted by Gasteiger charge is -2.12. The van der Waals surface area contributed by atoms with E-state index in [4.69, 9.17) is 18.0 Å². The van der Waals surface area contributed by atoms with Crippen molar-refractivity contribution in [2.45, 2.75) is 20.8 Å². The van der Waals surface area contributed by atoms with E-state index in [-0.39, 0.29) is 0 Å². The van der Waals surface area contributed by atoms with E-state index in [0.717, 1.165) is 28.3 Å². The number of aryl methyl sites for hydroxylation is 3. The molecule has 6 nitrogen and oxygen atoms in total. The number of aromatic nitrogens is 4. The molecule has 0 aromatic carbocycles. The van der Waals surface area contributed by atoms with E-state index < -0.39 is 0 Å². The Balaban J connectivity index is 2.49. The van der Waals surface area contributed by atoms with Crippen molar-refractivity contribution in [1.82, 2.24) is 20.0 Å². The Hall–Kier alpha value is -2.02. The van der Waals surface area contributed by atoms with Crippen LogP contribution in [0.3, 0.4) is 0 Å². The van der Waals surface area contributed by atoms with Gasteiger partial charge in [0.15, 0.2) is 5.82 Å². The van der Waals surface area contributed by atoms with Gasteiger partial charge in [-0.3, -0.25) is 4.68 Å². The largest absolute Gasteiger partial charge is 0.389 e. The zero-order chi connectivity index (χ0) is 14.2. The lowest BCUT2D eigenvalue weighted by Crippen LogP contribution is -2.17. The molecule has 0 aliphatic heterocycles. The molecule has 0 spiro atoms. The van der Waals surface area contributed by atoms with Crippen molar-refractivity contribution in [3.8, 4) is 0 Å². The first-order valence-electron chi connectivity index (χ1n) is 5.81. The SMILES string of the molecule is Cc1cc(Nc2nnc(C)c(C)c2C(N)=S)n(C)n1. The molecule has 2 aromatic heterocycles. The van der Waals surface area contributed by atoms with E-state index in [0.29, 0.717) is 10.8 Å². The molecule has 0 bridgehead atoms. The number of thiocarbonyl (C=S) groups is 1. The van der Waals surface area contributed by atoms with Crippen molar-refractivity contribution in [2.75, 3.05) is 5.32 Å². The summed E-state index contributed by atoms with van der Waals surface area (Å²) in [6.07, 6.45) is 0. The zero-order valence-electron chi connectivity index (χ0n) is 11.4. The molecule has 2 aromatic rings. The Morgan fingerprint density at radius 2 is 2.00 bits per heavy atom. The van der Waals surface area contributed by atoms with Crippen molar-refractivity contribution in [1.29, 1.82) is 0 Å². The van der Waals surface area contributed by atoms with Crippen LogP contribution in [0.4, 0.5) is 11.6 Å². The van der Waals surface area contributed by atoms with Crippen LogP contribution in [0.25, 0.3) is 0 Å². The van der Waals surface area contributed by atoms with Gasteiger partial charge in [0.05, 0.1) is 17.0 Å². The topological polar surface area (TPSA) is 81.6 Å². The molecule has 0 fully saturated rings. The van der Waals surface area contributed by atoms with Gasteiger partial charge >= 0.3 is 0 Å². The molecule has 0 amide bonds. The second-order valence-corrected chi connectivity index (χ2v) is 4.86. The summed E-state index contributed by atoms with van der Waals surface area (Å²) in [5.41, 5.74) is 9.17. The number of hydrogen-bond acceptors (Lipinski definition) is 5. The lowest BCUT2D eigenvalue weighted by molar-refractivity contribution is 0.763. The molecule has 2 rings (SSSR count). The van der Waals surface area contributed by atoms with Crippen molar-refractivity contribution in [2.24, 2.45) is 12.8 Å². The van der Waals surface area contributed by atoms with Gasteiger partial charge in [-0.05, 0) is 26.3 Å². The average Bonchev–Trinajstić information content (AvgIpc) is 2.62. The maximum atomic E-state index is 5.78. The number of nitrogens with two attached hydrogens (primary N) is 1. The highest BCUT2D eigenvalue weighted by molar-refractivity contribution is 7.80. The first-order valence-corrected chi connectivity index (χ1v) is 6.22. The van der Waals surface area contributed by atoms with Crippen LogP contribution in [0.5, 0.6) is 0 Å². The molecule has 0 aliphatic rings. The molecule has 3 N–H and O–H groups in total. The lowest BCUT2D eigenvalue weighted by atomic mass is 10.1. The molecule has 2 heterocycles. The summed E-state index contributed by atoms with van der Waals surface area (Å²) < 4.78 is 1.73.